The average molecular weight is 654 g/mol. The normalized spacial score (nSPS) is 18.0. The molecule has 2 aliphatic rings. The van der Waals surface area contributed by atoms with Crippen LogP contribution in [0.5, 0.6) is 5.88 Å². The third kappa shape index (κ3) is 7.01. The van der Waals surface area contributed by atoms with E-state index in [-0.39, 0.29) is 11.9 Å². The second kappa shape index (κ2) is 13.0. The number of benzene rings is 2. The Morgan fingerprint density at radius 3 is 2.54 bits per heavy atom. The Kier molecular flexibility index (Phi) is 8.62. The lowest BCUT2D eigenvalue weighted by atomic mass is 10.1. The summed E-state index contributed by atoms with van der Waals surface area (Å²) in [5, 5.41) is 4.23. The van der Waals surface area contributed by atoms with E-state index in [0.29, 0.717) is 53.3 Å². The molecule has 46 heavy (non-hydrogen) atoms. The number of ether oxygens (including phenoxy) is 2. The first kappa shape index (κ1) is 30.6. The van der Waals surface area contributed by atoms with Crippen molar-refractivity contribution in [1.29, 1.82) is 0 Å². The van der Waals surface area contributed by atoms with Crippen molar-refractivity contribution >= 4 is 22.6 Å². The summed E-state index contributed by atoms with van der Waals surface area (Å²) in [6.07, 6.45) is 0.263. The van der Waals surface area contributed by atoms with Gasteiger partial charge in [0.2, 0.25) is 11.7 Å². The summed E-state index contributed by atoms with van der Waals surface area (Å²) in [5.41, 5.74) is 3.05. The van der Waals surface area contributed by atoms with Crippen LogP contribution in [0.4, 0.5) is 13.2 Å². The molecular weight excluding hydrogens is 623 g/mol. The third-order valence-corrected chi connectivity index (χ3v) is 8.61. The summed E-state index contributed by atoms with van der Waals surface area (Å²) in [6.45, 7) is 4.43. The quantitative estimate of drug-likeness (QED) is 0.183. The van der Waals surface area contributed by atoms with Crippen molar-refractivity contribution in [2.45, 2.75) is 51.1 Å². The Balaban J connectivity index is 1.03. The van der Waals surface area contributed by atoms with Gasteiger partial charge in [-0.2, -0.15) is 23.1 Å². The van der Waals surface area contributed by atoms with Crippen LogP contribution in [0.15, 0.2) is 59.3 Å². The molecule has 240 valence electrons. The highest BCUT2D eigenvalue weighted by Gasteiger charge is 2.38. The van der Waals surface area contributed by atoms with Gasteiger partial charge in [-0.3, -0.25) is 4.90 Å². The van der Waals surface area contributed by atoms with Crippen molar-refractivity contribution in [3.8, 4) is 17.3 Å². The van der Waals surface area contributed by atoms with E-state index in [1.165, 1.54) is 0 Å². The average Bonchev–Trinajstić information content (AvgIpc) is 3.81. The molecule has 10 nitrogen and oxygen atoms in total. The number of hydrogen-bond acceptors (Lipinski definition) is 9. The number of hydrogen-bond donors (Lipinski definition) is 0. The Morgan fingerprint density at radius 1 is 0.978 bits per heavy atom. The van der Waals surface area contributed by atoms with Gasteiger partial charge < -0.3 is 18.6 Å². The fourth-order valence-corrected chi connectivity index (χ4v) is 6.08. The van der Waals surface area contributed by atoms with Crippen LogP contribution in [0.1, 0.15) is 42.4 Å². The zero-order valence-electron chi connectivity index (χ0n) is 24.8. The van der Waals surface area contributed by atoms with E-state index in [1.54, 1.807) is 24.4 Å². The number of alkyl halides is 3. The number of imidazole rings is 1. The van der Waals surface area contributed by atoms with Crippen molar-refractivity contribution in [2.24, 2.45) is 5.92 Å². The van der Waals surface area contributed by atoms with Crippen LogP contribution in [0.25, 0.3) is 22.4 Å². The summed E-state index contributed by atoms with van der Waals surface area (Å²) in [5.74, 6) is 1.01. The fourth-order valence-electron chi connectivity index (χ4n) is 5.96. The van der Waals surface area contributed by atoms with E-state index in [0.717, 1.165) is 62.4 Å². The minimum Gasteiger partial charge on any atom is -0.474 e. The van der Waals surface area contributed by atoms with E-state index >= 15 is 0 Å². The van der Waals surface area contributed by atoms with Gasteiger partial charge >= 0.3 is 12.1 Å². The molecule has 1 atom stereocenters. The molecule has 14 heteroatoms. The molecule has 0 aliphatic carbocycles. The van der Waals surface area contributed by atoms with Crippen molar-refractivity contribution in [2.75, 3.05) is 26.3 Å². The van der Waals surface area contributed by atoms with E-state index in [9.17, 15) is 13.2 Å². The fraction of sp³-hybridized carbons (Fsp3) is 0.406. The molecule has 0 radical (unpaired) electrons. The lowest BCUT2D eigenvalue weighted by Gasteiger charge is -2.31. The Bertz CT molecular complexity index is 1800. The van der Waals surface area contributed by atoms with Gasteiger partial charge in [-0.25, -0.2) is 9.97 Å². The minimum atomic E-state index is -4.71. The molecule has 0 amide bonds. The molecule has 3 aromatic heterocycles. The highest BCUT2D eigenvalue weighted by atomic mass is 35.5. The van der Waals surface area contributed by atoms with Crippen LogP contribution in [0.3, 0.4) is 0 Å². The first-order valence-electron chi connectivity index (χ1n) is 15.2. The van der Waals surface area contributed by atoms with Crippen molar-refractivity contribution in [3.63, 3.8) is 0 Å². The van der Waals surface area contributed by atoms with Crippen molar-refractivity contribution < 1.29 is 27.2 Å². The SMILES string of the molecule is FC(F)(F)c1nc(-c2ccc3c(c2)nc(CN2CCC(Oc4ccnc(Cc5ccc(Cl)cc5)n4)CC2)n3CC2CCOC2)no1. The predicted octanol–water partition coefficient (Wildman–Crippen LogP) is 6.22. The summed E-state index contributed by atoms with van der Waals surface area (Å²) < 4.78 is 57.6. The summed E-state index contributed by atoms with van der Waals surface area (Å²) in [4.78, 5) is 19.9. The molecule has 5 heterocycles. The van der Waals surface area contributed by atoms with Gasteiger partial charge in [-0.05, 0) is 55.2 Å². The molecule has 2 fully saturated rings. The lowest BCUT2D eigenvalue weighted by molar-refractivity contribution is -0.159. The van der Waals surface area contributed by atoms with Crippen LogP contribution in [0.2, 0.25) is 5.02 Å². The van der Waals surface area contributed by atoms with Crippen molar-refractivity contribution in [1.82, 2.24) is 34.6 Å². The second-order valence-corrected chi connectivity index (χ2v) is 12.1. The maximum atomic E-state index is 13.0. The third-order valence-electron chi connectivity index (χ3n) is 8.36. The predicted molar refractivity (Wildman–Crippen MR) is 162 cm³/mol. The molecule has 0 N–H and O–H groups in total. The Hall–Kier alpha value is -4.07. The van der Waals surface area contributed by atoms with Crippen molar-refractivity contribution in [3.05, 3.63) is 82.9 Å². The molecule has 2 aromatic carbocycles. The topological polar surface area (TPSA) is 104 Å². The number of fused-ring (bicyclic) bond motifs is 1. The first-order chi connectivity index (χ1) is 22.3. The zero-order chi connectivity index (χ0) is 31.7. The molecule has 2 saturated heterocycles. The minimum absolute atomic E-state index is 0.0306. The van der Waals surface area contributed by atoms with Gasteiger partial charge in [-0.15, -0.1) is 0 Å². The number of aromatic nitrogens is 6. The molecule has 2 aliphatic heterocycles. The maximum Gasteiger partial charge on any atom is 0.471 e. The first-order valence-corrected chi connectivity index (χ1v) is 15.6. The van der Waals surface area contributed by atoms with Crippen LogP contribution in [0, 0.1) is 5.92 Å². The highest BCUT2D eigenvalue weighted by Crippen LogP contribution is 2.31. The van der Waals surface area contributed by atoms with Gasteiger partial charge in [0.15, 0.2) is 0 Å². The second-order valence-electron chi connectivity index (χ2n) is 11.7. The zero-order valence-corrected chi connectivity index (χ0v) is 25.5. The Morgan fingerprint density at radius 2 is 1.80 bits per heavy atom. The lowest BCUT2D eigenvalue weighted by Crippen LogP contribution is -2.38. The van der Waals surface area contributed by atoms with E-state index < -0.39 is 12.1 Å². The molecular formula is C32H31ClF3N7O3. The molecule has 7 rings (SSSR count). The highest BCUT2D eigenvalue weighted by molar-refractivity contribution is 6.30. The van der Waals surface area contributed by atoms with E-state index in [2.05, 4.69) is 34.1 Å². The molecule has 0 spiro atoms. The molecule has 0 bridgehead atoms. The summed E-state index contributed by atoms with van der Waals surface area (Å²) in [7, 11) is 0. The maximum absolute atomic E-state index is 13.0. The van der Waals surface area contributed by atoms with Crippen LogP contribution < -0.4 is 4.74 Å². The number of likely N-dealkylation sites (tertiary alicyclic amines) is 1. The van der Waals surface area contributed by atoms with Crippen LogP contribution >= 0.6 is 11.6 Å². The van der Waals surface area contributed by atoms with E-state index in [4.69, 9.17) is 26.1 Å². The van der Waals surface area contributed by atoms with Gasteiger partial charge in [0.25, 0.3) is 0 Å². The number of piperidine rings is 1. The van der Waals surface area contributed by atoms with Crippen LogP contribution in [-0.4, -0.2) is 67.0 Å². The molecule has 0 saturated carbocycles. The van der Waals surface area contributed by atoms with Crippen LogP contribution in [-0.2, 0) is 30.4 Å². The number of rotatable bonds is 9. The van der Waals surface area contributed by atoms with Gasteiger partial charge in [0.1, 0.15) is 17.8 Å². The molecule has 1 unspecified atom stereocenters. The van der Waals surface area contributed by atoms with Gasteiger partial charge in [-0.1, -0.05) is 28.9 Å². The van der Waals surface area contributed by atoms with Gasteiger partial charge in [0.05, 0.1) is 24.2 Å². The monoisotopic (exact) mass is 653 g/mol. The standard InChI is InChI=1S/C32H31ClF3N7O3/c33-23-4-1-20(2-5-23)15-27-37-11-7-29(39-27)45-24-8-12-42(13-9-24)18-28-38-25-16-22(30-40-31(46-41-30)32(34,35)36)3-6-26(25)43(28)17-21-10-14-44-19-21/h1-7,11,16,21,24H,8-10,12-15,17-19H2. The summed E-state index contributed by atoms with van der Waals surface area (Å²) in [6, 6.07) is 14.7. The van der Waals surface area contributed by atoms with E-state index in [1.807, 2.05) is 30.3 Å². The van der Waals surface area contributed by atoms with Gasteiger partial charge in [0, 0.05) is 61.4 Å². The number of halogens is 4. The molecule has 5 aromatic rings. The Labute approximate surface area is 267 Å². The smallest absolute Gasteiger partial charge is 0.471 e. The number of nitrogens with zero attached hydrogens (tertiary/aromatic N) is 7. The summed E-state index contributed by atoms with van der Waals surface area (Å²) >= 11 is 6.00. The largest absolute Gasteiger partial charge is 0.474 e.